The van der Waals surface area contributed by atoms with Gasteiger partial charge in [0.1, 0.15) is 11.6 Å². The van der Waals surface area contributed by atoms with Crippen molar-refractivity contribution in [3.05, 3.63) is 24.3 Å². The highest BCUT2D eigenvalue weighted by molar-refractivity contribution is 5.99. The average Bonchev–Trinajstić information content (AvgIpc) is 3.07. The number of nitrogen functional groups attached to an aromatic ring is 1. The maximum Gasteiger partial charge on any atom is 0.409 e. The zero-order chi connectivity index (χ0) is 21.3. The van der Waals surface area contributed by atoms with Gasteiger partial charge in [-0.15, -0.1) is 0 Å². The predicted molar refractivity (Wildman–Crippen MR) is 114 cm³/mol. The van der Waals surface area contributed by atoms with Gasteiger partial charge in [-0.25, -0.2) is 9.78 Å². The number of carbonyl (C=O) groups is 1. The summed E-state index contributed by atoms with van der Waals surface area (Å²) in [6, 6.07) is 7.66. The molecule has 0 atom stereocenters. The number of aryl methyl sites for hydroxylation is 1. The predicted octanol–water partition coefficient (Wildman–Crippen LogP) is 1.90. The van der Waals surface area contributed by atoms with Crippen LogP contribution in [0.15, 0.2) is 24.3 Å². The van der Waals surface area contributed by atoms with E-state index in [1.807, 2.05) is 29.2 Å². The van der Waals surface area contributed by atoms with Crippen LogP contribution in [0.1, 0.15) is 6.92 Å². The van der Waals surface area contributed by atoms with E-state index in [-0.39, 0.29) is 6.09 Å². The summed E-state index contributed by atoms with van der Waals surface area (Å²) in [7, 11) is 3.41. The van der Waals surface area contributed by atoms with Gasteiger partial charge in [-0.3, -0.25) is 4.68 Å². The van der Waals surface area contributed by atoms with Crippen LogP contribution in [0.25, 0.3) is 22.3 Å². The Hall–Kier alpha value is -3.56. The highest BCUT2D eigenvalue weighted by Crippen LogP contribution is 2.33. The summed E-state index contributed by atoms with van der Waals surface area (Å²) in [5.41, 5.74) is 8.38. The van der Waals surface area contributed by atoms with Crippen LogP contribution in [0, 0.1) is 0 Å². The van der Waals surface area contributed by atoms with Crippen LogP contribution in [-0.4, -0.2) is 70.6 Å². The van der Waals surface area contributed by atoms with E-state index >= 15 is 0 Å². The van der Waals surface area contributed by atoms with Gasteiger partial charge < -0.3 is 25.0 Å². The van der Waals surface area contributed by atoms with E-state index in [1.165, 1.54) is 0 Å². The lowest BCUT2D eigenvalue weighted by molar-refractivity contribution is 0.105. The van der Waals surface area contributed by atoms with Gasteiger partial charge in [0.05, 0.1) is 24.8 Å². The zero-order valence-electron chi connectivity index (χ0n) is 17.3. The number of benzene rings is 1. The van der Waals surface area contributed by atoms with Crippen molar-refractivity contribution in [3.63, 3.8) is 0 Å². The number of nitrogens with zero attached hydrogens (tertiary/aromatic N) is 6. The third-order valence-electron chi connectivity index (χ3n) is 5.16. The van der Waals surface area contributed by atoms with Crippen LogP contribution < -0.4 is 15.4 Å². The smallest absolute Gasteiger partial charge is 0.409 e. The Balaban J connectivity index is 1.71. The van der Waals surface area contributed by atoms with Crippen molar-refractivity contribution in [2.75, 3.05) is 50.5 Å². The number of aromatic nitrogens is 4. The molecule has 10 nitrogen and oxygen atoms in total. The fraction of sp³-hybridized carbons (Fsp3) is 0.400. The molecule has 0 aliphatic carbocycles. The molecule has 1 aromatic carbocycles. The van der Waals surface area contributed by atoms with Gasteiger partial charge in [-0.05, 0) is 19.1 Å². The Bertz CT molecular complexity index is 1070. The van der Waals surface area contributed by atoms with Crippen molar-refractivity contribution in [2.45, 2.75) is 6.92 Å². The van der Waals surface area contributed by atoms with E-state index < -0.39 is 0 Å². The molecule has 2 N–H and O–H groups in total. The summed E-state index contributed by atoms with van der Waals surface area (Å²) in [5, 5.41) is 5.17. The van der Waals surface area contributed by atoms with Crippen LogP contribution in [0.3, 0.4) is 0 Å². The number of fused-ring (bicyclic) bond motifs is 1. The van der Waals surface area contributed by atoms with E-state index in [1.54, 1.807) is 30.7 Å². The van der Waals surface area contributed by atoms with Crippen molar-refractivity contribution in [1.29, 1.82) is 0 Å². The topological polar surface area (TPSA) is 112 Å². The fourth-order valence-electron chi connectivity index (χ4n) is 3.53. The first-order valence-corrected chi connectivity index (χ1v) is 9.83. The number of hydrogen-bond acceptors (Lipinski definition) is 8. The highest BCUT2D eigenvalue weighted by atomic mass is 16.6. The number of ether oxygens (including phenoxy) is 2. The first kappa shape index (κ1) is 19.7. The molecule has 0 radical (unpaired) electrons. The van der Waals surface area contributed by atoms with Crippen LogP contribution in [0.5, 0.6) is 5.75 Å². The van der Waals surface area contributed by atoms with E-state index in [0.717, 1.165) is 11.3 Å². The Morgan fingerprint density at radius 3 is 2.67 bits per heavy atom. The van der Waals surface area contributed by atoms with Crippen LogP contribution >= 0.6 is 0 Å². The van der Waals surface area contributed by atoms with Crippen LogP contribution in [0.2, 0.25) is 0 Å². The molecular weight excluding hydrogens is 386 g/mol. The molecule has 0 spiro atoms. The molecule has 10 heteroatoms. The van der Waals surface area contributed by atoms with Crippen LogP contribution in [-0.2, 0) is 11.8 Å². The molecule has 0 unspecified atom stereocenters. The summed E-state index contributed by atoms with van der Waals surface area (Å²) in [6.07, 6.45) is -0.289. The third kappa shape index (κ3) is 3.56. The Kier molecular flexibility index (Phi) is 5.30. The molecule has 3 heterocycles. The number of nitrogens with two attached hydrogens (primary N) is 1. The van der Waals surface area contributed by atoms with Crippen molar-refractivity contribution >= 4 is 28.9 Å². The summed E-state index contributed by atoms with van der Waals surface area (Å²) in [4.78, 5) is 25.2. The number of rotatable bonds is 4. The number of hydrogen-bond donors (Lipinski definition) is 1. The minimum Gasteiger partial charge on any atom is -0.497 e. The van der Waals surface area contributed by atoms with Crippen molar-refractivity contribution in [2.24, 2.45) is 7.05 Å². The van der Waals surface area contributed by atoms with Crippen LogP contribution in [0.4, 0.5) is 16.6 Å². The minimum atomic E-state index is -0.289. The fourth-order valence-corrected chi connectivity index (χ4v) is 3.53. The number of piperazine rings is 1. The van der Waals surface area contributed by atoms with Gasteiger partial charge in [0, 0.05) is 38.8 Å². The first-order valence-electron chi connectivity index (χ1n) is 9.83. The standard InChI is InChI=1S/C20H25N7O3/c1-4-30-20(28)27-10-8-26(9-11-27)19-22-16(13-6-5-7-14(12-13)29-3)15-17(21)25(2)24-18(15)23-19/h5-7,12H,4,8-11,21H2,1-3H3. The summed E-state index contributed by atoms with van der Waals surface area (Å²) in [5.74, 6) is 1.79. The van der Waals surface area contributed by atoms with E-state index in [0.29, 0.717) is 61.3 Å². The molecular formula is C20H25N7O3. The van der Waals surface area contributed by atoms with E-state index in [4.69, 9.17) is 20.2 Å². The monoisotopic (exact) mass is 411 g/mol. The average molecular weight is 411 g/mol. The van der Waals surface area contributed by atoms with Gasteiger partial charge in [0.2, 0.25) is 5.95 Å². The second-order valence-corrected chi connectivity index (χ2v) is 6.98. The lowest BCUT2D eigenvalue weighted by Gasteiger charge is -2.34. The second kappa shape index (κ2) is 8.05. The quantitative estimate of drug-likeness (QED) is 0.693. The van der Waals surface area contributed by atoms with Crippen molar-refractivity contribution in [1.82, 2.24) is 24.6 Å². The minimum absolute atomic E-state index is 0.289. The summed E-state index contributed by atoms with van der Waals surface area (Å²) in [6.45, 7) is 4.45. The second-order valence-electron chi connectivity index (χ2n) is 6.98. The molecule has 158 valence electrons. The molecule has 0 bridgehead atoms. The van der Waals surface area contributed by atoms with Gasteiger partial charge >= 0.3 is 6.09 Å². The SMILES string of the molecule is CCOC(=O)N1CCN(c2nc(-c3cccc(OC)c3)c3c(N)n(C)nc3n2)CC1. The number of amides is 1. The largest absolute Gasteiger partial charge is 0.497 e. The molecule has 1 aliphatic heterocycles. The number of anilines is 2. The van der Waals surface area contributed by atoms with Gasteiger partial charge in [-0.1, -0.05) is 12.1 Å². The Morgan fingerprint density at radius 2 is 1.97 bits per heavy atom. The maximum absolute atomic E-state index is 12.0. The van der Waals surface area contributed by atoms with Gasteiger partial charge in [-0.2, -0.15) is 10.1 Å². The van der Waals surface area contributed by atoms with E-state index in [2.05, 4.69) is 10.1 Å². The number of methoxy groups -OCH3 is 1. The number of carbonyl (C=O) groups excluding carboxylic acids is 1. The lowest BCUT2D eigenvalue weighted by Crippen LogP contribution is -2.49. The first-order chi connectivity index (χ1) is 14.5. The van der Waals surface area contributed by atoms with Crippen molar-refractivity contribution in [3.8, 4) is 17.0 Å². The molecule has 1 fully saturated rings. The molecule has 1 aliphatic rings. The maximum atomic E-state index is 12.0. The zero-order valence-corrected chi connectivity index (χ0v) is 17.3. The highest BCUT2D eigenvalue weighted by Gasteiger charge is 2.25. The molecule has 3 aromatic rings. The normalized spacial score (nSPS) is 14.2. The molecule has 1 saturated heterocycles. The van der Waals surface area contributed by atoms with Gasteiger partial charge in [0.25, 0.3) is 0 Å². The summed E-state index contributed by atoms with van der Waals surface area (Å²) < 4.78 is 12.1. The summed E-state index contributed by atoms with van der Waals surface area (Å²) >= 11 is 0. The molecule has 2 aromatic heterocycles. The molecule has 30 heavy (non-hydrogen) atoms. The molecule has 0 saturated carbocycles. The van der Waals surface area contributed by atoms with E-state index in [9.17, 15) is 4.79 Å². The molecule has 4 rings (SSSR count). The van der Waals surface area contributed by atoms with Crippen molar-refractivity contribution < 1.29 is 14.3 Å². The van der Waals surface area contributed by atoms with Gasteiger partial charge in [0.15, 0.2) is 5.65 Å². The molecule has 1 amide bonds. The Morgan fingerprint density at radius 1 is 1.20 bits per heavy atom. The Labute approximate surface area is 174 Å². The third-order valence-corrected chi connectivity index (χ3v) is 5.16. The lowest BCUT2D eigenvalue weighted by atomic mass is 10.1.